The molecule has 0 spiro atoms. The summed E-state index contributed by atoms with van der Waals surface area (Å²) in [6.45, 7) is 2.48. The number of halogens is 2. The SMILES string of the molecule is Cc1nn(Cc2ccc(Cl)cc2)c(Cl)c1C=NNC(=S)NC1CCCCC1. The number of rotatable bonds is 5. The molecule has 0 atom stereocenters. The lowest BCUT2D eigenvalue weighted by Crippen LogP contribution is -2.40. The molecular weight excluding hydrogens is 401 g/mol. The molecule has 0 saturated heterocycles. The van der Waals surface area contributed by atoms with E-state index >= 15 is 0 Å². The van der Waals surface area contributed by atoms with Gasteiger partial charge in [0.1, 0.15) is 5.15 Å². The van der Waals surface area contributed by atoms with E-state index in [1.54, 1.807) is 10.9 Å². The van der Waals surface area contributed by atoms with Crippen molar-refractivity contribution in [3.05, 3.63) is 51.3 Å². The van der Waals surface area contributed by atoms with E-state index in [9.17, 15) is 0 Å². The van der Waals surface area contributed by atoms with Crippen molar-refractivity contribution in [3.63, 3.8) is 0 Å². The van der Waals surface area contributed by atoms with E-state index in [0.29, 0.717) is 27.9 Å². The van der Waals surface area contributed by atoms with Crippen molar-refractivity contribution in [2.45, 2.75) is 51.6 Å². The van der Waals surface area contributed by atoms with E-state index < -0.39 is 0 Å². The summed E-state index contributed by atoms with van der Waals surface area (Å²) in [5, 5.41) is 13.8. The molecule has 0 amide bonds. The first kappa shape index (κ1) is 20.1. The lowest BCUT2D eigenvalue weighted by Gasteiger charge is -2.23. The van der Waals surface area contributed by atoms with Gasteiger partial charge in [0, 0.05) is 11.1 Å². The molecule has 1 aromatic heterocycles. The average molecular weight is 424 g/mol. The summed E-state index contributed by atoms with van der Waals surface area (Å²) in [6.07, 6.45) is 7.81. The molecule has 0 bridgehead atoms. The summed E-state index contributed by atoms with van der Waals surface area (Å²) in [5.74, 6) is 0. The van der Waals surface area contributed by atoms with Crippen molar-refractivity contribution in [1.82, 2.24) is 20.5 Å². The van der Waals surface area contributed by atoms with E-state index in [2.05, 4.69) is 20.9 Å². The Bertz CT molecular complexity index is 810. The molecule has 1 saturated carbocycles. The van der Waals surface area contributed by atoms with Crippen LogP contribution in [0.3, 0.4) is 0 Å². The van der Waals surface area contributed by atoms with E-state index in [0.717, 1.165) is 29.7 Å². The Morgan fingerprint density at radius 2 is 1.96 bits per heavy atom. The zero-order chi connectivity index (χ0) is 19.2. The molecule has 1 aliphatic carbocycles. The third-order valence-corrected chi connectivity index (χ3v) is 5.51. The zero-order valence-corrected chi connectivity index (χ0v) is 17.5. The van der Waals surface area contributed by atoms with Crippen molar-refractivity contribution in [2.24, 2.45) is 5.10 Å². The second kappa shape index (κ2) is 9.53. The maximum atomic E-state index is 6.49. The number of thiocarbonyl (C=S) groups is 1. The van der Waals surface area contributed by atoms with Gasteiger partial charge in [0.05, 0.1) is 24.0 Å². The Balaban J connectivity index is 1.59. The Labute approximate surface area is 175 Å². The van der Waals surface area contributed by atoms with Crippen LogP contribution in [0.1, 0.15) is 48.9 Å². The molecular formula is C19H23Cl2N5S. The van der Waals surface area contributed by atoms with Crippen molar-refractivity contribution < 1.29 is 0 Å². The van der Waals surface area contributed by atoms with Crippen molar-refractivity contribution >= 4 is 46.7 Å². The maximum absolute atomic E-state index is 6.49. The van der Waals surface area contributed by atoms with Gasteiger partial charge in [-0.05, 0) is 49.7 Å². The number of nitrogens with zero attached hydrogens (tertiary/aromatic N) is 3. The number of benzene rings is 1. The lowest BCUT2D eigenvalue weighted by molar-refractivity contribution is 0.412. The fourth-order valence-corrected chi connectivity index (χ4v) is 3.83. The number of aryl methyl sites for hydroxylation is 1. The highest BCUT2D eigenvalue weighted by Crippen LogP contribution is 2.20. The molecule has 144 valence electrons. The third-order valence-electron chi connectivity index (χ3n) is 4.66. The van der Waals surface area contributed by atoms with Crippen LogP contribution in [0, 0.1) is 6.92 Å². The second-order valence-corrected chi connectivity index (χ2v) is 7.96. The number of hydrogen-bond acceptors (Lipinski definition) is 3. The lowest BCUT2D eigenvalue weighted by atomic mass is 9.96. The Morgan fingerprint density at radius 3 is 2.67 bits per heavy atom. The smallest absolute Gasteiger partial charge is 0.187 e. The highest BCUT2D eigenvalue weighted by atomic mass is 35.5. The Morgan fingerprint density at radius 1 is 1.26 bits per heavy atom. The highest BCUT2D eigenvalue weighted by Gasteiger charge is 2.14. The van der Waals surface area contributed by atoms with Gasteiger partial charge in [-0.2, -0.15) is 10.2 Å². The fourth-order valence-electron chi connectivity index (χ4n) is 3.20. The standard InChI is InChI=1S/C19H23Cl2N5S/c1-13-17(11-22-24-19(27)23-16-5-3-2-4-6-16)18(21)26(25-13)12-14-7-9-15(20)10-8-14/h7-11,16H,2-6,12H2,1H3,(H2,23,24,27). The topological polar surface area (TPSA) is 54.2 Å². The van der Waals surface area contributed by atoms with Gasteiger partial charge in [-0.1, -0.05) is 54.6 Å². The van der Waals surface area contributed by atoms with Gasteiger partial charge in [-0.15, -0.1) is 0 Å². The fraction of sp³-hybridized carbons (Fsp3) is 0.421. The number of hydrogen-bond donors (Lipinski definition) is 2. The van der Waals surface area contributed by atoms with E-state index in [1.807, 2.05) is 31.2 Å². The van der Waals surface area contributed by atoms with Gasteiger partial charge in [0.25, 0.3) is 0 Å². The summed E-state index contributed by atoms with van der Waals surface area (Å²) in [5.41, 5.74) is 5.54. The van der Waals surface area contributed by atoms with Gasteiger partial charge in [0.2, 0.25) is 0 Å². The van der Waals surface area contributed by atoms with Crippen LogP contribution in [0.2, 0.25) is 10.2 Å². The second-order valence-electron chi connectivity index (χ2n) is 6.75. The van der Waals surface area contributed by atoms with Crippen molar-refractivity contribution in [2.75, 3.05) is 0 Å². The number of aromatic nitrogens is 2. The summed E-state index contributed by atoms with van der Waals surface area (Å²) in [4.78, 5) is 0. The van der Waals surface area contributed by atoms with Crippen LogP contribution in [-0.4, -0.2) is 27.1 Å². The molecule has 3 rings (SSSR count). The first-order valence-electron chi connectivity index (χ1n) is 9.10. The van der Waals surface area contributed by atoms with E-state index in [1.165, 1.54) is 19.3 Å². The minimum absolute atomic E-state index is 0.446. The predicted molar refractivity (Wildman–Crippen MR) is 116 cm³/mol. The maximum Gasteiger partial charge on any atom is 0.187 e. The predicted octanol–water partition coefficient (Wildman–Crippen LogP) is 4.68. The van der Waals surface area contributed by atoms with Crippen molar-refractivity contribution in [1.29, 1.82) is 0 Å². The monoisotopic (exact) mass is 423 g/mol. The molecule has 2 aromatic rings. The minimum atomic E-state index is 0.446. The third kappa shape index (κ3) is 5.67. The molecule has 2 N–H and O–H groups in total. The summed E-state index contributed by atoms with van der Waals surface area (Å²) in [7, 11) is 0. The first-order chi connectivity index (χ1) is 13.0. The highest BCUT2D eigenvalue weighted by molar-refractivity contribution is 7.80. The van der Waals surface area contributed by atoms with Gasteiger partial charge in [0.15, 0.2) is 5.11 Å². The molecule has 5 nitrogen and oxygen atoms in total. The number of hydrazone groups is 1. The normalized spacial score (nSPS) is 15.2. The molecule has 0 radical (unpaired) electrons. The minimum Gasteiger partial charge on any atom is -0.359 e. The Kier molecular flexibility index (Phi) is 7.10. The molecule has 27 heavy (non-hydrogen) atoms. The van der Waals surface area contributed by atoms with E-state index in [-0.39, 0.29) is 0 Å². The Hall–Kier alpha value is -1.63. The molecule has 1 heterocycles. The first-order valence-corrected chi connectivity index (χ1v) is 10.3. The van der Waals surface area contributed by atoms with Crippen LogP contribution in [0.4, 0.5) is 0 Å². The number of nitrogens with one attached hydrogen (secondary N) is 2. The summed E-state index contributed by atoms with van der Waals surface area (Å²) in [6, 6.07) is 8.07. The van der Waals surface area contributed by atoms with Crippen molar-refractivity contribution in [3.8, 4) is 0 Å². The van der Waals surface area contributed by atoms with Crippen LogP contribution < -0.4 is 10.7 Å². The molecule has 1 aromatic carbocycles. The summed E-state index contributed by atoms with van der Waals surface area (Å²) >= 11 is 17.7. The van der Waals surface area contributed by atoms with E-state index in [4.69, 9.17) is 35.4 Å². The van der Waals surface area contributed by atoms with Crippen LogP contribution in [0.5, 0.6) is 0 Å². The van der Waals surface area contributed by atoms with Gasteiger partial charge >= 0.3 is 0 Å². The van der Waals surface area contributed by atoms with Gasteiger partial charge < -0.3 is 5.32 Å². The largest absolute Gasteiger partial charge is 0.359 e. The molecule has 1 fully saturated rings. The van der Waals surface area contributed by atoms with Crippen LogP contribution in [-0.2, 0) is 6.54 Å². The molecule has 8 heteroatoms. The quantitative estimate of drug-likeness (QED) is 0.416. The average Bonchev–Trinajstić information content (AvgIpc) is 2.92. The zero-order valence-electron chi connectivity index (χ0n) is 15.2. The molecule has 0 aliphatic heterocycles. The molecule has 0 unspecified atom stereocenters. The van der Waals surface area contributed by atoms with Crippen LogP contribution in [0.25, 0.3) is 0 Å². The van der Waals surface area contributed by atoms with Gasteiger partial charge in [-0.3, -0.25) is 5.43 Å². The van der Waals surface area contributed by atoms with Gasteiger partial charge in [-0.25, -0.2) is 4.68 Å². The van der Waals surface area contributed by atoms with Crippen LogP contribution in [0.15, 0.2) is 29.4 Å². The summed E-state index contributed by atoms with van der Waals surface area (Å²) < 4.78 is 1.75. The molecule has 1 aliphatic rings. The van der Waals surface area contributed by atoms with Crippen LogP contribution >= 0.6 is 35.4 Å².